The summed E-state index contributed by atoms with van der Waals surface area (Å²) in [5.74, 6) is 0.718. The quantitative estimate of drug-likeness (QED) is 0.680. The van der Waals surface area contributed by atoms with Crippen molar-refractivity contribution >= 4 is 45.5 Å². The molecule has 0 unspecified atom stereocenters. The molecule has 2 aromatic heterocycles. The zero-order valence-electron chi connectivity index (χ0n) is 11.1. The molecule has 1 N–H and O–H groups in total. The van der Waals surface area contributed by atoms with Gasteiger partial charge in [0, 0.05) is 21.7 Å². The van der Waals surface area contributed by atoms with E-state index in [0.717, 1.165) is 32.1 Å². The van der Waals surface area contributed by atoms with Crippen LogP contribution in [0, 0.1) is 6.92 Å². The van der Waals surface area contributed by atoms with E-state index >= 15 is 0 Å². The number of rotatable bonds is 3. The van der Waals surface area contributed by atoms with Crippen molar-refractivity contribution in [2.45, 2.75) is 6.92 Å². The lowest BCUT2D eigenvalue weighted by Gasteiger charge is -2.01. The lowest BCUT2D eigenvalue weighted by Crippen LogP contribution is -1.92. The van der Waals surface area contributed by atoms with Crippen LogP contribution >= 0.6 is 34.5 Å². The van der Waals surface area contributed by atoms with Crippen molar-refractivity contribution in [3.05, 3.63) is 57.5 Å². The molecule has 0 saturated heterocycles. The smallest absolute Gasteiger partial charge is 0.189 e. The van der Waals surface area contributed by atoms with Crippen molar-refractivity contribution < 1.29 is 0 Å². The molecule has 0 atom stereocenters. The van der Waals surface area contributed by atoms with Crippen LogP contribution in [0.2, 0.25) is 10.0 Å². The molecular weight excluding hydrogens is 325 g/mol. The highest BCUT2D eigenvalue weighted by Crippen LogP contribution is 2.32. The predicted octanol–water partition coefficient (Wildman–Crippen LogP) is 5.56. The number of aromatic nitrogens is 2. The Balaban J connectivity index is 1.87. The Morgan fingerprint density at radius 1 is 1.00 bits per heavy atom. The van der Waals surface area contributed by atoms with Gasteiger partial charge in [0.25, 0.3) is 0 Å². The molecule has 0 fully saturated rings. The van der Waals surface area contributed by atoms with Crippen LogP contribution in [-0.4, -0.2) is 9.97 Å². The van der Waals surface area contributed by atoms with E-state index in [2.05, 4.69) is 15.3 Å². The first-order valence-electron chi connectivity index (χ1n) is 6.24. The third-order valence-electron chi connectivity index (χ3n) is 2.88. The lowest BCUT2D eigenvalue weighted by molar-refractivity contribution is 1.28. The summed E-state index contributed by atoms with van der Waals surface area (Å²) in [6, 6.07) is 11.3. The van der Waals surface area contributed by atoms with Crippen LogP contribution in [-0.2, 0) is 0 Å². The Kier molecular flexibility index (Phi) is 4.10. The van der Waals surface area contributed by atoms with Gasteiger partial charge in [-0.2, -0.15) is 0 Å². The Bertz CT molecular complexity index is 752. The number of aryl methyl sites for hydroxylation is 1. The number of nitrogens with zero attached hydrogens (tertiary/aromatic N) is 2. The van der Waals surface area contributed by atoms with Gasteiger partial charge in [-0.3, -0.25) is 0 Å². The minimum Gasteiger partial charge on any atom is -0.316 e. The SMILES string of the molecule is Cc1sc(Nc2ccc(Cl)cn2)nc1-c1ccc(Cl)cc1. The Labute approximate surface area is 136 Å². The van der Waals surface area contributed by atoms with Gasteiger partial charge in [-0.15, -0.1) is 11.3 Å². The Morgan fingerprint density at radius 3 is 2.38 bits per heavy atom. The highest BCUT2D eigenvalue weighted by atomic mass is 35.5. The third-order valence-corrected chi connectivity index (χ3v) is 4.24. The van der Waals surface area contributed by atoms with Gasteiger partial charge in [-0.05, 0) is 31.2 Å². The first-order valence-corrected chi connectivity index (χ1v) is 7.81. The third kappa shape index (κ3) is 3.35. The standard InChI is InChI=1S/C15H11Cl2N3S/c1-9-14(10-2-4-11(16)5-3-10)20-15(21-9)19-13-7-6-12(17)8-18-13/h2-8H,1H3,(H,18,19,20). The summed E-state index contributed by atoms with van der Waals surface area (Å²) in [6.07, 6.45) is 1.60. The number of hydrogen-bond acceptors (Lipinski definition) is 4. The van der Waals surface area contributed by atoms with Crippen LogP contribution in [0.4, 0.5) is 10.9 Å². The molecule has 0 aliphatic heterocycles. The van der Waals surface area contributed by atoms with Crippen LogP contribution in [0.3, 0.4) is 0 Å². The molecule has 0 aliphatic rings. The van der Waals surface area contributed by atoms with Gasteiger partial charge in [-0.25, -0.2) is 9.97 Å². The number of thiazole rings is 1. The predicted molar refractivity (Wildman–Crippen MR) is 89.8 cm³/mol. The zero-order valence-corrected chi connectivity index (χ0v) is 13.4. The number of hydrogen-bond donors (Lipinski definition) is 1. The first kappa shape index (κ1) is 14.3. The van der Waals surface area contributed by atoms with Crippen molar-refractivity contribution in [3.63, 3.8) is 0 Å². The van der Waals surface area contributed by atoms with E-state index in [1.54, 1.807) is 23.6 Å². The zero-order chi connectivity index (χ0) is 14.8. The summed E-state index contributed by atoms with van der Waals surface area (Å²) in [7, 11) is 0. The van der Waals surface area contributed by atoms with E-state index in [-0.39, 0.29) is 0 Å². The summed E-state index contributed by atoms with van der Waals surface area (Å²) >= 11 is 13.3. The second kappa shape index (κ2) is 6.02. The van der Waals surface area contributed by atoms with Crippen molar-refractivity contribution in [2.24, 2.45) is 0 Å². The average Bonchev–Trinajstić information content (AvgIpc) is 2.83. The highest BCUT2D eigenvalue weighted by Gasteiger charge is 2.10. The van der Waals surface area contributed by atoms with Crippen LogP contribution in [0.1, 0.15) is 4.88 Å². The van der Waals surface area contributed by atoms with Crippen molar-refractivity contribution in [3.8, 4) is 11.3 Å². The largest absolute Gasteiger partial charge is 0.316 e. The molecule has 1 aromatic carbocycles. The molecule has 3 aromatic rings. The molecule has 0 saturated carbocycles. The van der Waals surface area contributed by atoms with Crippen LogP contribution < -0.4 is 5.32 Å². The normalized spacial score (nSPS) is 10.6. The molecule has 6 heteroatoms. The van der Waals surface area contributed by atoms with Gasteiger partial charge in [0.1, 0.15) is 5.82 Å². The number of pyridine rings is 1. The van der Waals surface area contributed by atoms with Gasteiger partial charge in [0.2, 0.25) is 0 Å². The molecular formula is C15H11Cl2N3S. The van der Waals surface area contributed by atoms with E-state index in [0.29, 0.717) is 5.02 Å². The number of halogens is 2. The van der Waals surface area contributed by atoms with E-state index in [9.17, 15) is 0 Å². The molecule has 2 heterocycles. The molecule has 0 aliphatic carbocycles. The van der Waals surface area contributed by atoms with Crippen molar-refractivity contribution in [1.29, 1.82) is 0 Å². The maximum Gasteiger partial charge on any atom is 0.189 e. The van der Waals surface area contributed by atoms with Gasteiger partial charge >= 0.3 is 0 Å². The molecule has 3 nitrogen and oxygen atoms in total. The molecule has 21 heavy (non-hydrogen) atoms. The fourth-order valence-electron chi connectivity index (χ4n) is 1.88. The summed E-state index contributed by atoms with van der Waals surface area (Å²) in [5.41, 5.74) is 2.00. The minimum atomic E-state index is 0.609. The maximum atomic E-state index is 5.92. The Morgan fingerprint density at radius 2 is 1.71 bits per heavy atom. The van der Waals surface area contributed by atoms with Gasteiger partial charge < -0.3 is 5.32 Å². The topological polar surface area (TPSA) is 37.8 Å². The second-order valence-corrected chi connectivity index (χ2v) is 6.49. The summed E-state index contributed by atoms with van der Waals surface area (Å²) in [4.78, 5) is 9.95. The first-order chi connectivity index (χ1) is 10.1. The fraction of sp³-hybridized carbons (Fsp3) is 0.0667. The van der Waals surface area contributed by atoms with Crippen molar-refractivity contribution in [2.75, 3.05) is 5.32 Å². The van der Waals surface area contributed by atoms with Crippen LogP contribution in [0.25, 0.3) is 11.3 Å². The second-order valence-electron chi connectivity index (χ2n) is 4.42. The summed E-state index contributed by atoms with van der Waals surface area (Å²) in [6.45, 7) is 2.04. The highest BCUT2D eigenvalue weighted by molar-refractivity contribution is 7.16. The van der Waals surface area contributed by atoms with E-state index in [1.807, 2.05) is 37.3 Å². The Hall–Kier alpha value is -1.62. The molecule has 0 amide bonds. The number of nitrogens with one attached hydrogen (secondary N) is 1. The minimum absolute atomic E-state index is 0.609. The average molecular weight is 336 g/mol. The molecule has 0 radical (unpaired) electrons. The monoisotopic (exact) mass is 335 g/mol. The van der Waals surface area contributed by atoms with Gasteiger partial charge in [0.05, 0.1) is 10.7 Å². The fourth-order valence-corrected chi connectivity index (χ4v) is 2.97. The number of anilines is 2. The lowest BCUT2D eigenvalue weighted by atomic mass is 10.1. The van der Waals surface area contributed by atoms with E-state index in [1.165, 1.54) is 0 Å². The maximum absolute atomic E-state index is 5.92. The molecule has 0 spiro atoms. The van der Waals surface area contributed by atoms with Gasteiger partial charge in [0.15, 0.2) is 5.13 Å². The van der Waals surface area contributed by atoms with Crippen LogP contribution in [0.5, 0.6) is 0 Å². The summed E-state index contributed by atoms with van der Waals surface area (Å²) < 4.78 is 0. The molecule has 0 bridgehead atoms. The van der Waals surface area contributed by atoms with Crippen molar-refractivity contribution in [1.82, 2.24) is 9.97 Å². The number of benzene rings is 1. The van der Waals surface area contributed by atoms with Gasteiger partial charge in [-0.1, -0.05) is 35.3 Å². The molecule has 3 rings (SSSR count). The molecule has 106 valence electrons. The van der Waals surface area contributed by atoms with E-state index < -0.39 is 0 Å². The van der Waals surface area contributed by atoms with Crippen LogP contribution in [0.15, 0.2) is 42.6 Å². The summed E-state index contributed by atoms with van der Waals surface area (Å²) in [5, 5.41) is 5.31. The van der Waals surface area contributed by atoms with E-state index in [4.69, 9.17) is 23.2 Å².